The van der Waals surface area contributed by atoms with Gasteiger partial charge in [-0.3, -0.25) is 14.7 Å². The quantitative estimate of drug-likeness (QED) is 0.351. The Morgan fingerprint density at radius 3 is 2.63 bits per heavy atom. The third-order valence-electron chi connectivity index (χ3n) is 5.28. The Labute approximate surface area is 176 Å². The van der Waals surface area contributed by atoms with Crippen molar-refractivity contribution in [3.8, 4) is 0 Å². The summed E-state index contributed by atoms with van der Waals surface area (Å²) in [6.07, 6.45) is 4.11. The molecule has 2 aromatic rings. The van der Waals surface area contributed by atoms with Crippen LogP contribution in [-0.2, 0) is 0 Å². The second-order valence-corrected chi connectivity index (χ2v) is 7.37. The summed E-state index contributed by atoms with van der Waals surface area (Å²) in [4.78, 5) is 18.8. The SMILES string of the molecule is CN=C(NCCNC(=O)c1ccc(C)c(F)c1)NCC(c1ccco1)N1CCCC1. The first-order valence-electron chi connectivity index (χ1n) is 10.3. The minimum Gasteiger partial charge on any atom is -0.468 e. The Morgan fingerprint density at radius 1 is 1.20 bits per heavy atom. The lowest BCUT2D eigenvalue weighted by atomic mass is 10.1. The van der Waals surface area contributed by atoms with Gasteiger partial charge in [0.15, 0.2) is 5.96 Å². The normalized spacial score (nSPS) is 15.8. The third-order valence-corrected chi connectivity index (χ3v) is 5.28. The lowest BCUT2D eigenvalue weighted by molar-refractivity contribution is 0.0954. The van der Waals surface area contributed by atoms with Crippen LogP contribution in [0.2, 0.25) is 0 Å². The number of amides is 1. The van der Waals surface area contributed by atoms with Gasteiger partial charge in [-0.05, 0) is 62.7 Å². The summed E-state index contributed by atoms with van der Waals surface area (Å²) in [6, 6.07) is 8.54. The molecule has 1 aliphatic heterocycles. The molecule has 0 saturated carbocycles. The van der Waals surface area contributed by atoms with Crippen LogP contribution in [0.4, 0.5) is 4.39 Å². The van der Waals surface area contributed by atoms with E-state index in [2.05, 4.69) is 25.8 Å². The number of carbonyl (C=O) groups is 1. The molecule has 0 spiro atoms. The number of aliphatic imine (C=N–C) groups is 1. The second kappa shape index (κ2) is 10.8. The zero-order valence-electron chi connectivity index (χ0n) is 17.6. The highest BCUT2D eigenvalue weighted by Gasteiger charge is 2.25. The maximum atomic E-state index is 13.6. The molecule has 1 atom stereocenters. The highest BCUT2D eigenvalue weighted by atomic mass is 19.1. The number of nitrogens with zero attached hydrogens (tertiary/aromatic N) is 2. The van der Waals surface area contributed by atoms with Crippen LogP contribution in [0.5, 0.6) is 0 Å². The smallest absolute Gasteiger partial charge is 0.251 e. The van der Waals surface area contributed by atoms with Crippen LogP contribution in [-0.4, -0.2) is 56.5 Å². The molecule has 30 heavy (non-hydrogen) atoms. The summed E-state index contributed by atoms with van der Waals surface area (Å²) >= 11 is 0. The molecule has 0 aliphatic carbocycles. The molecule has 0 bridgehead atoms. The molecule has 8 heteroatoms. The topological polar surface area (TPSA) is 81.9 Å². The minimum atomic E-state index is -0.380. The molecule has 1 fully saturated rings. The molecule has 0 radical (unpaired) electrons. The van der Waals surface area contributed by atoms with E-state index in [0.29, 0.717) is 36.7 Å². The van der Waals surface area contributed by atoms with Gasteiger partial charge in [-0.2, -0.15) is 0 Å². The summed E-state index contributed by atoms with van der Waals surface area (Å²) < 4.78 is 19.3. The first-order valence-corrected chi connectivity index (χ1v) is 10.3. The summed E-state index contributed by atoms with van der Waals surface area (Å²) in [7, 11) is 1.71. The third kappa shape index (κ3) is 5.82. The van der Waals surface area contributed by atoms with Crippen molar-refractivity contribution in [2.24, 2.45) is 4.99 Å². The van der Waals surface area contributed by atoms with Crippen LogP contribution in [0, 0.1) is 12.7 Å². The van der Waals surface area contributed by atoms with Crippen molar-refractivity contribution in [3.05, 3.63) is 59.3 Å². The molecule has 7 nitrogen and oxygen atoms in total. The average Bonchev–Trinajstić information content (AvgIpc) is 3.46. The van der Waals surface area contributed by atoms with E-state index in [-0.39, 0.29) is 17.8 Å². The molecule has 1 aromatic carbocycles. The molecule has 1 saturated heterocycles. The number of likely N-dealkylation sites (tertiary alicyclic amines) is 1. The van der Waals surface area contributed by atoms with Crippen LogP contribution in [0.1, 0.15) is 40.6 Å². The molecule has 3 N–H and O–H groups in total. The number of guanidine groups is 1. The zero-order valence-corrected chi connectivity index (χ0v) is 17.6. The molecule has 3 rings (SSSR count). The van der Waals surface area contributed by atoms with Crippen LogP contribution in [0.3, 0.4) is 0 Å². The van der Waals surface area contributed by atoms with E-state index >= 15 is 0 Å². The van der Waals surface area contributed by atoms with Crippen LogP contribution < -0.4 is 16.0 Å². The fourth-order valence-electron chi connectivity index (χ4n) is 3.55. The van der Waals surface area contributed by atoms with Gasteiger partial charge in [0.05, 0.1) is 12.3 Å². The molecular weight excluding hydrogens is 385 g/mol. The number of hydrogen-bond donors (Lipinski definition) is 3. The van der Waals surface area contributed by atoms with Crippen molar-refractivity contribution in [1.29, 1.82) is 0 Å². The van der Waals surface area contributed by atoms with Gasteiger partial charge in [0.1, 0.15) is 11.6 Å². The monoisotopic (exact) mass is 415 g/mol. The first kappa shape index (κ1) is 21.8. The van der Waals surface area contributed by atoms with Gasteiger partial charge in [-0.15, -0.1) is 0 Å². The van der Waals surface area contributed by atoms with Crippen LogP contribution >= 0.6 is 0 Å². The Morgan fingerprint density at radius 2 is 1.97 bits per heavy atom. The van der Waals surface area contributed by atoms with E-state index < -0.39 is 0 Å². The second-order valence-electron chi connectivity index (χ2n) is 7.37. The number of furan rings is 1. The number of rotatable bonds is 8. The van der Waals surface area contributed by atoms with Gasteiger partial charge in [0.25, 0.3) is 5.91 Å². The van der Waals surface area contributed by atoms with Crippen molar-refractivity contribution >= 4 is 11.9 Å². The van der Waals surface area contributed by atoms with Gasteiger partial charge in [0.2, 0.25) is 0 Å². The van der Waals surface area contributed by atoms with E-state index in [1.165, 1.54) is 18.9 Å². The van der Waals surface area contributed by atoms with Crippen molar-refractivity contribution in [2.45, 2.75) is 25.8 Å². The summed E-state index contributed by atoms with van der Waals surface area (Å²) in [5, 5.41) is 9.32. The van der Waals surface area contributed by atoms with Crippen molar-refractivity contribution in [3.63, 3.8) is 0 Å². The predicted octanol–water partition coefficient (Wildman–Crippen LogP) is 2.46. The van der Waals surface area contributed by atoms with Crippen molar-refractivity contribution in [1.82, 2.24) is 20.9 Å². The Kier molecular flexibility index (Phi) is 7.84. The van der Waals surface area contributed by atoms with Crippen molar-refractivity contribution < 1.29 is 13.6 Å². The summed E-state index contributed by atoms with van der Waals surface area (Å²) in [6.45, 7) is 5.34. The fraction of sp³-hybridized carbons (Fsp3) is 0.455. The number of nitrogens with one attached hydrogen (secondary N) is 3. The lowest BCUT2D eigenvalue weighted by Crippen LogP contribution is -2.44. The minimum absolute atomic E-state index is 0.150. The van der Waals surface area contributed by atoms with Gasteiger partial charge in [-0.25, -0.2) is 4.39 Å². The molecule has 1 amide bonds. The van der Waals surface area contributed by atoms with Crippen LogP contribution in [0.15, 0.2) is 46.0 Å². The standard InChI is InChI=1S/C22H30FN5O2/c1-16-7-8-17(14-18(16)23)21(29)25-9-10-26-22(24-2)27-15-19(20-6-5-13-30-20)28-11-3-4-12-28/h5-8,13-14,19H,3-4,9-12,15H2,1-2H3,(H,25,29)(H2,24,26,27). The highest BCUT2D eigenvalue weighted by Crippen LogP contribution is 2.24. The van der Waals surface area contributed by atoms with Gasteiger partial charge in [0, 0.05) is 32.2 Å². The summed E-state index contributed by atoms with van der Waals surface area (Å²) in [5.74, 6) is 0.916. The van der Waals surface area contributed by atoms with Gasteiger partial charge < -0.3 is 20.4 Å². The highest BCUT2D eigenvalue weighted by molar-refractivity contribution is 5.94. The fourth-order valence-corrected chi connectivity index (χ4v) is 3.55. The predicted molar refractivity (Wildman–Crippen MR) is 115 cm³/mol. The van der Waals surface area contributed by atoms with E-state index in [4.69, 9.17) is 4.42 Å². The Hall–Kier alpha value is -2.87. The molecule has 162 valence electrons. The molecule has 2 heterocycles. The van der Waals surface area contributed by atoms with Crippen molar-refractivity contribution in [2.75, 3.05) is 39.8 Å². The molecular formula is C22H30FN5O2. The zero-order chi connectivity index (χ0) is 21.3. The van der Waals surface area contributed by atoms with Gasteiger partial charge in [-0.1, -0.05) is 6.07 Å². The number of hydrogen-bond acceptors (Lipinski definition) is 4. The number of carbonyl (C=O) groups excluding carboxylic acids is 1. The lowest BCUT2D eigenvalue weighted by Gasteiger charge is -2.26. The van der Waals surface area contributed by atoms with E-state index in [1.54, 1.807) is 32.4 Å². The van der Waals surface area contributed by atoms with E-state index in [9.17, 15) is 9.18 Å². The number of halogens is 1. The molecule has 1 unspecified atom stereocenters. The Bertz CT molecular complexity index is 847. The average molecular weight is 416 g/mol. The van der Waals surface area contributed by atoms with Gasteiger partial charge >= 0.3 is 0 Å². The maximum Gasteiger partial charge on any atom is 0.251 e. The van der Waals surface area contributed by atoms with E-state index in [1.807, 2.05) is 12.1 Å². The number of benzene rings is 1. The number of aryl methyl sites for hydroxylation is 1. The van der Waals surface area contributed by atoms with Crippen LogP contribution in [0.25, 0.3) is 0 Å². The molecule has 1 aliphatic rings. The Balaban J connectivity index is 1.44. The maximum absolute atomic E-state index is 13.6. The summed E-state index contributed by atoms with van der Waals surface area (Å²) in [5.41, 5.74) is 0.831. The molecule has 1 aromatic heterocycles. The largest absolute Gasteiger partial charge is 0.468 e. The van der Waals surface area contributed by atoms with E-state index in [0.717, 1.165) is 18.8 Å². The first-order chi connectivity index (χ1) is 14.6.